The maximum absolute atomic E-state index is 5.65. The first-order valence-electron chi connectivity index (χ1n) is 8.33. The van der Waals surface area contributed by atoms with Crippen molar-refractivity contribution in [3.8, 4) is 0 Å². The van der Waals surface area contributed by atoms with Gasteiger partial charge in [0.05, 0.1) is 6.61 Å². The van der Waals surface area contributed by atoms with E-state index in [1.165, 1.54) is 5.69 Å². The Balaban J connectivity index is 1.29. The molecule has 0 amide bonds. The van der Waals surface area contributed by atoms with Gasteiger partial charge in [-0.2, -0.15) is 0 Å². The molecule has 5 nitrogen and oxygen atoms in total. The van der Waals surface area contributed by atoms with Crippen LogP contribution in [0.15, 0.2) is 40.9 Å². The van der Waals surface area contributed by atoms with Crippen LogP contribution in [0.5, 0.6) is 0 Å². The SMILES string of the molecule is Cc1cc(COCCCN2CCN(c3ccccc3)CC2)no1. The van der Waals surface area contributed by atoms with Gasteiger partial charge in [-0.25, -0.2) is 0 Å². The number of benzene rings is 1. The van der Waals surface area contributed by atoms with Crippen LogP contribution in [0.4, 0.5) is 5.69 Å². The molecule has 5 heteroatoms. The van der Waals surface area contributed by atoms with E-state index in [1.54, 1.807) is 0 Å². The first-order chi connectivity index (χ1) is 11.3. The summed E-state index contributed by atoms with van der Waals surface area (Å²) in [4.78, 5) is 4.98. The second kappa shape index (κ2) is 8.13. The van der Waals surface area contributed by atoms with Gasteiger partial charge in [0.1, 0.15) is 11.5 Å². The highest BCUT2D eigenvalue weighted by atomic mass is 16.5. The van der Waals surface area contributed by atoms with Crippen molar-refractivity contribution in [2.24, 2.45) is 0 Å². The van der Waals surface area contributed by atoms with Gasteiger partial charge in [-0.3, -0.25) is 4.90 Å². The summed E-state index contributed by atoms with van der Waals surface area (Å²) in [7, 11) is 0. The van der Waals surface area contributed by atoms with Gasteiger partial charge in [0.2, 0.25) is 0 Å². The van der Waals surface area contributed by atoms with Gasteiger partial charge in [-0.15, -0.1) is 0 Å². The van der Waals surface area contributed by atoms with Crippen LogP contribution in [-0.2, 0) is 11.3 Å². The molecule has 0 radical (unpaired) electrons. The Morgan fingerprint density at radius 3 is 2.61 bits per heavy atom. The minimum Gasteiger partial charge on any atom is -0.375 e. The van der Waals surface area contributed by atoms with E-state index < -0.39 is 0 Å². The van der Waals surface area contributed by atoms with Crippen molar-refractivity contribution < 1.29 is 9.26 Å². The molecule has 1 aliphatic heterocycles. The molecule has 2 aromatic rings. The highest BCUT2D eigenvalue weighted by molar-refractivity contribution is 5.46. The predicted molar refractivity (Wildman–Crippen MR) is 90.6 cm³/mol. The number of anilines is 1. The molecule has 0 unspecified atom stereocenters. The number of aromatic nitrogens is 1. The average molecular weight is 315 g/mol. The lowest BCUT2D eigenvalue weighted by molar-refractivity contribution is 0.103. The summed E-state index contributed by atoms with van der Waals surface area (Å²) in [6, 6.07) is 12.6. The Kier molecular flexibility index (Phi) is 5.66. The van der Waals surface area contributed by atoms with Crippen LogP contribution in [0.3, 0.4) is 0 Å². The van der Waals surface area contributed by atoms with Crippen LogP contribution in [0.25, 0.3) is 0 Å². The van der Waals surface area contributed by atoms with E-state index in [9.17, 15) is 0 Å². The van der Waals surface area contributed by atoms with Crippen molar-refractivity contribution in [2.45, 2.75) is 20.0 Å². The molecular weight excluding hydrogens is 290 g/mol. The van der Waals surface area contributed by atoms with Gasteiger partial charge in [0.15, 0.2) is 0 Å². The highest BCUT2D eigenvalue weighted by Crippen LogP contribution is 2.15. The van der Waals surface area contributed by atoms with E-state index in [2.05, 4.69) is 45.3 Å². The van der Waals surface area contributed by atoms with Crippen molar-refractivity contribution in [3.05, 3.63) is 47.9 Å². The number of piperazine rings is 1. The Morgan fingerprint density at radius 2 is 1.91 bits per heavy atom. The third-order valence-electron chi connectivity index (χ3n) is 4.18. The minimum atomic E-state index is 0.541. The maximum Gasteiger partial charge on any atom is 0.134 e. The smallest absolute Gasteiger partial charge is 0.134 e. The number of rotatable bonds is 7. The van der Waals surface area contributed by atoms with Crippen LogP contribution < -0.4 is 4.90 Å². The van der Waals surface area contributed by atoms with E-state index >= 15 is 0 Å². The predicted octanol–water partition coefficient (Wildman–Crippen LogP) is 2.71. The zero-order valence-corrected chi connectivity index (χ0v) is 13.8. The van der Waals surface area contributed by atoms with Crippen molar-refractivity contribution in [1.82, 2.24) is 10.1 Å². The van der Waals surface area contributed by atoms with E-state index in [4.69, 9.17) is 9.26 Å². The van der Waals surface area contributed by atoms with Gasteiger partial charge in [-0.05, 0) is 25.5 Å². The molecule has 0 spiro atoms. The lowest BCUT2D eigenvalue weighted by Gasteiger charge is -2.36. The molecule has 0 bridgehead atoms. The van der Waals surface area contributed by atoms with E-state index in [0.717, 1.165) is 57.2 Å². The Morgan fingerprint density at radius 1 is 1.13 bits per heavy atom. The number of ether oxygens (including phenoxy) is 1. The standard InChI is InChI=1S/C18H25N3O2/c1-16-14-17(19-23-16)15-22-13-5-8-20-9-11-21(12-10-20)18-6-3-2-4-7-18/h2-4,6-7,14H,5,8-13,15H2,1H3. The lowest BCUT2D eigenvalue weighted by atomic mass is 10.2. The summed E-state index contributed by atoms with van der Waals surface area (Å²) >= 11 is 0. The molecule has 23 heavy (non-hydrogen) atoms. The number of aryl methyl sites for hydroxylation is 1. The number of hydrogen-bond acceptors (Lipinski definition) is 5. The fourth-order valence-electron chi connectivity index (χ4n) is 2.92. The summed E-state index contributed by atoms with van der Waals surface area (Å²) in [5, 5.41) is 3.92. The molecule has 124 valence electrons. The van der Waals surface area contributed by atoms with Crippen LogP contribution >= 0.6 is 0 Å². The highest BCUT2D eigenvalue weighted by Gasteiger charge is 2.16. The molecule has 2 heterocycles. The van der Waals surface area contributed by atoms with Gasteiger partial charge in [0.25, 0.3) is 0 Å². The maximum atomic E-state index is 5.65. The van der Waals surface area contributed by atoms with Crippen molar-refractivity contribution in [3.63, 3.8) is 0 Å². The van der Waals surface area contributed by atoms with Crippen molar-refractivity contribution in [1.29, 1.82) is 0 Å². The molecule has 3 rings (SSSR count). The molecule has 0 saturated carbocycles. The van der Waals surface area contributed by atoms with Crippen LogP contribution in [-0.4, -0.2) is 49.4 Å². The first kappa shape index (κ1) is 16.0. The first-order valence-corrected chi connectivity index (χ1v) is 8.33. The molecule has 1 aromatic carbocycles. The molecule has 0 aliphatic carbocycles. The molecule has 0 atom stereocenters. The van der Waals surface area contributed by atoms with E-state index in [-0.39, 0.29) is 0 Å². The molecule has 1 fully saturated rings. The number of para-hydroxylation sites is 1. The minimum absolute atomic E-state index is 0.541. The summed E-state index contributed by atoms with van der Waals surface area (Å²) in [6.07, 6.45) is 1.06. The number of hydrogen-bond donors (Lipinski definition) is 0. The summed E-state index contributed by atoms with van der Waals surface area (Å²) in [6.45, 7) is 8.75. The molecule has 0 N–H and O–H groups in total. The topological polar surface area (TPSA) is 41.7 Å². The largest absolute Gasteiger partial charge is 0.375 e. The summed E-state index contributed by atoms with van der Waals surface area (Å²) in [5.41, 5.74) is 2.21. The van der Waals surface area contributed by atoms with Gasteiger partial charge >= 0.3 is 0 Å². The average Bonchev–Trinajstić information content (AvgIpc) is 3.01. The Bertz CT molecular complexity index is 577. The quantitative estimate of drug-likeness (QED) is 0.735. The normalized spacial score (nSPS) is 16.0. The second-order valence-electron chi connectivity index (χ2n) is 6.00. The van der Waals surface area contributed by atoms with Gasteiger partial charge < -0.3 is 14.2 Å². The fraction of sp³-hybridized carbons (Fsp3) is 0.500. The van der Waals surface area contributed by atoms with Gasteiger partial charge in [0, 0.05) is 51.1 Å². The second-order valence-corrected chi connectivity index (χ2v) is 6.00. The van der Waals surface area contributed by atoms with Crippen molar-refractivity contribution >= 4 is 5.69 Å². The third-order valence-corrected chi connectivity index (χ3v) is 4.18. The van der Waals surface area contributed by atoms with Gasteiger partial charge in [-0.1, -0.05) is 23.4 Å². The zero-order chi connectivity index (χ0) is 15.9. The Labute approximate surface area is 137 Å². The summed E-state index contributed by atoms with van der Waals surface area (Å²) in [5.74, 6) is 0.833. The Hall–Kier alpha value is -1.85. The molecule has 1 aliphatic rings. The zero-order valence-electron chi connectivity index (χ0n) is 13.8. The van der Waals surface area contributed by atoms with Crippen LogP contribution in [0, 0.1) is 6.92 Å². The van der Waals surface area contributed by atoms with E-state index in [1.807, 2.05) is 13.0 Å². The molecule has 1 aromatic heterocycles. The molecular formula is C18H25N3O2. The third kappa shape index (κ3) is 4.81. The fourth-order valence-corrected chi connectivity index (χ4v) is 2.92. The molecule has 1 saturated heterocycles. The van der Waals surface area contributed by atoms with E-state index in [0.29, 0.717) is 6.61 Å². The van der Waals surface area contributed by atoms with Crippen LogP contribution in [0.1, 0.15) is 17.9 Å². The van der Waals surface area contributed by atoms with Crippen molar-refractivity contribution in [2.75, 3.05) is 44.2 Å². The monoisotopic (exact) mass is 315 g/mol. The number of nitrogens with zero attached hydrogens (tertiary/aromatic N) is 3. The van der Waals surface area contributed by atoms with Crippen LogP contribution in [0.2, 0.25) is 0 Å². The lowest BCUT2D eigenvalue weighted by Crippen LogP contribution is -2.46. The summed E-state index contributed by atoms with van der Waals surface area (Å²) < 4.78 is 10.7.